The normalized spacial score (nSPS) is 15.3. The highest BCUT2D eigenvalue weighted by molar-refractivity contribution is 8.00. The summed E-state index contributed by atoms with van der Waals surface area (Å²) in [6.45, 7) is 2.22. The number of hydrogen-bond acceptors (Lipinski definition) is 5. The fraction of sp³-hybridized carbons (Fsp3) is 0.125. The van der Waals surface area contributed by atoms with Crippen LogP contribution in [0.1, 0.15) is 27.8 Å². The molecule has 154 valence electrons. The summed E-state index contributed by atoms with van der Waals surface area (Å²) in [5.74, 6) is 1.25. The van der Waals surface area contributed by atoms with E-state index in [9.17, 15) is 0 Å². The Balaban J connectivity index is 1.50. The van der Waals surface area contributed by atoms with Crippen LogP contribution in [-0.4, -0.2) is 20.6 Å². The predicted octanol–water partition coefficient (Wildman–Crippen LogP) is 5.92. The topological polar surface area (TPSA) is 52.3 Å². The van der Waals surface area contributed by atoms with Crippen molar-refractivity contribution in [3.05, 3.63) is 106 Å². The van der Waals surface area contributed by atoms with E-state index in [1.165, 1.54) is 5.56 Å². The maximum atomic E-state index is 6.27. The van der Waals surface area contributed by atoms with Gasteiger partial charge in [0, 0.05) is 0 Å². The molecule has 0 bridgehead atoms. The molecule has 5 rings (SSSR count). The molecule has 1 atom stereocenters. The second-order valence-electron chi connectivity index (χ2n) is 7.19. The Bertz CT molecular complexity index is 1240. The number of fused-ring (bicyclic) bond motifs is 1. The average molecular weight is 447 g/mol. The summed E-state index contributed by atoms with van der Waals surface area (Å²) in [5.41, 5.74) is 4.28. The Hall–Kier alpha value is -3.09. The van der Waals surface area contributed by atoms with Gasteiger partial charge in [0.1, 0.15) is 12.4 Å². The molecule has 31 heavy (non-hydrogen) atoms. The van der Waals surface area contributed by atoms with Crippen molar-refractivity contribution in [3.8, 4) is 5.75 Å². The van der Waals surface area contributed by atoms with Crippen LogP contribution in [0.5, 0.6) is 5.75 Å². The number of ether oxygens (including phenoxy) is 1. The van der Waals surface area contributed by atoms with Gasteiger partial charge in [-0.05, 0) is 35.7 Å². The van der Waals surface area contributed by atoms with Gasteiger partial charge in [-0.15, -0.1) is 10.2 Å². The fourth-order valence-electron chi connectivity index (χ4n) is 3.42. The molecule has 4 aromatic rings. The first kappa shape index (κ1) is 19.8. The molecule has 0 amide bonds. The zero-order valence-corrected chi connectivity index (χ0v) is 18.3. The van der Waals surface area contributed by atoms with Gasteiger partial charge in [-0.25, -0.2) is 0 Å². The van der Waals surface area contributed by atoms with Gasteiger partial charge in [0.15, 0.2) is 5.82 Å². The Morgan fingerprint density at radius 2 is 1.71 bits per heavy atom. The van der Waals surface area contributed by atoms with Gasteiger partial charge >= 0.3 is 0 Å². The third-order valence-electron chi connectivity index (χ3n) is 4.97. The van der Waals surface area contributed by atoms with E-state index in [0.29, 0.717) is 16.6 Å². The molecule has 0 saturated carbocycles. The van der Waals surface area contributed by atoms with E-state index < -0.39 is 0 Å². The SMILES string of the molecule is Cc1ccc(Cl)c(OCc2nnc3n2N=C(c2ccccc2)[C@H](c2ccccc2)S3)c1. The van der Waals surface area contributed by atoms with Crippen LogP contribution < -0.4 is 4.74 Å². The molecular formula is C24H19ClN4OS. The van der Waals surface area contributed by atoms with E-state index in [-0.39, 0.29) is 11.9 Å². The van der Waals surface area contributed by atoms with Crippen molar-refractivity contribution >= 4 is 29.1 Å². The highest BCUT2D eigenvalue weighted by Gasteiger charge is 2.30. The summed E-state index contributed by atoms with van der Waals surface area (Å²) in [4.78, 5) is 0. The smallest absolute Gasteiger partial charge is 0.213 e. The number of aromatic nitrogens is 3. The largest absolute Gasteiger partial charge is 0.484 e. The van der Waals surface area contributed by atoms with Crippen molar-refractivity contribution in [2.75, 3.05) is 0 Å². The zero-order chi connectivity index (χ0) is 21.2. The highest BCUT2D eigenvalue weighted by atomic mass is 35.5. The van der Waals surface area contributed by atoms with E-state index in [2.05, 4.69) is 34.5 Å². The van der Waals surface area contributed by atoms with Crippen molar-refractivity contribution < 1.29 is 4.74 Å². The van der Waals surface area contributed by atoms with Gasteiger partial charge in [-0.1, -0.05) is 90.1 Å². The summed E-state index contributed by atoms with van der Waals surface area (Å²) >= 11 is 7.91. The molecule has 1 aromatic heterocycles. The van der Waals surface area contributed by atoms with Gasteiger partial charge in [0.25, 0.3) is 0 Å². The minimum atomic E-state index is 0.0280. The van der Waals surface area contributed by atoms with Crippen molar-refractivity contribution in [2.24, 2.45) is 5.10 Å². The Morgan fingerprint density at radius 3 is 2.48 bits per heavy atom. The van der Waals surface area contributed by atoms with Gasteiger partial charge in [-0.3, -0.25) is 0 Å². The second-order valence-corrected chi connectivity index (χ2v) is 8.67. The Labute approximate surface area is 189 Å². The van der Waals surface area contributed by atoms with Crippen LogP contribution in [0.2, 0.25) is 5.02 Å². The molecule has 0 aliphatic carbocycles. The Morgan fingerprint density at radius 1 is 0.968 bits per heavy atom. The summed E-state index contributed by atoms with van der Waals surface area (Å²) in [5, 5.41) is 15.0. The molecule has 1 aliphatic heterocycles. The minimum absolute atomic E-state index is 0.0280. The molecule has 7 heteroatoms. The predicted molar refractivity (Wildman–Crippen MR) is 124 cm³/mol. The molecule has 0 fully saturated rings. The second kappa shape index (κ2) is 8.57. The fourth-order valence-corrected chi connectivity index (χ4v) is 4.72. The number of halogens is 1. The maximum absolute atomic E-state index is 6.27. The number of benzene rings is 3. The van der Waals surface area contributed by atoms with Crippen LogP contribution in [0.4, 0.5) is 0 Å². The van der Waals surface area contributed by atoms with Crippen molar-refractivity contribution in [3.63, 3.8) is 0 Å². The molecule has 0 unspecified atom stereocenters. The summed E-state index contributed by atoms with van der Waals surface area (Å²) < 4.78 is 7.72. The lowest BCUT2D eigenvalue weighted by molar-refractivity contribution is 0.290. The highest BCUT2D eigenvalue weighted by Crippen LogP contribution is 2.41. The lowest BCUT2D eigenvalue weighted by atomic mass is 10.0. The van der Waals surface area contributed by atoms with E-state index in [1.807, 2.05) is 61.5 Å². The van der Waals surface area contributed by atoms with E-state index in [0.717, 1.165) is 22.0 Å². The van der Waals surface area contributed by atoms with Crippen LogP contribution in [-0.2, 0) is 6.61 Å². The van der Waals surface area contributed by atoms with E-state index >= 15 is 0 Å². The number of rotatable bonds is 5. The van der Waals surface area contributed by atoms with Crippen molar-refractivity contribution in [1.29, 1.82) is 0 Å². The summed E-state index contributed by atoms with van der Waals surface area (Å²) in [6.07, 6.45) is 0. The van der Waals surface area contributed by atoms with Gasteiger partial charge in [0.05, 0.1) is 16.0 Å². The van der Waals surface area contributed by atoms with Crippen LogP contribution in [0, 0.1) is 6.92 Å². The standard InChI is InChI=1S/C24H19ClN4OS/c1-16-12-13-19(25)20(14-16)30-15-21-26-27-24-29(21)28-22(17-8-4-2-5-9-17)23(31-24)18-10-6-3-7-11-18/h2-14,23H,15H2,1H3/t23-/m0/s1. The first-order valence-electron chi connectivity index (χ1n) is 9.88. The average Bonchev–Trinajstić information content (AvgIpc) is 3.22. The number of aryl methyl sites for hydroxylation is 1. The van der Waals surface area contributed by atoms with Crippen LogP contribution in [0.15, 0.2) is 89.1 Å². The van der Waals surface area contributed by atoms with Crippen molar-refractivity contribution in [1.82, 2.24) is 14.9 Å². The van der Waals surface area contributed by atoms with Crippen LogP contribution >= 0.6 is 23.4 Å². The number of thioether (sulfide) groups is 1. The molecule has 3 aromatic carbocycles. The molecule has 0 radical (unpaired) electrons. The molecule has 1 aliphatic rings. The molecular weight excluding hydrogens is 428 g/mol. The monoisotopic (exact) mass is 446 g/mol. The van der Waals surface area contributed by atoms with Gasteiger partial charge < -0.3 is 4.74 Å². The van der Waals surface area contributed by atoms with Gasteiger partial charge in [0.2, 0.25) is 5.16 Å². The quantitative estimate of drug-likeness (QED) is 0.382. The Kier molecular flexibility index (Phi) is 5.49. The summed E-state index contributed by atoms with van der Waals surface area (Å²) in [6, 6.07) is 26.2. The third kappa shape index (κ3) is 4.09. The molecule has 5 nitrogen and oxygen atoms in total. The molecule has 0 N–H and O–H groups in total. The van der Waals surface area contributed by atoms with E-state index in [1.54, 1.807) is 16.4 Å². The first-order chi connectivity index (χ1) is 15.2. The maximum Gasteiger partial charge on any atom is 0.213 e. The van der Waals surface area contributed by atoms with Crippen LogP contribution in [0.25, 0.3) is 0 Å². The van der Waals surface area contributed by atoms with Gasteiger partial charge in [-0.2, -0.15) is 9.78 Å². The summed E-state index contributed by atoms with van der Waals surface area (Å²) in [7, 11) is 0. The number of hydrogen-bond donors (Lipinski definition) is 0. The lowest BCUT2D eigenvalue weighted by Gasteiger charge is -2.23. The van der Waals surface area contributed by atoms with Crippen molar-refractivity contribution in [2.45, 2.75) is 23.9 Å². The molecule has 2 heterocycles. The minimum Gasteiger partial charge on any atom is -0.484 e. The molecule has 0 saturated heterocycles. The van der Waals surface area contributed by atoms with Crippen LogP contribution in [0.3, 0.4) is 0 Å². The third-order valence-corrected chi connectivity index (χ3v) is 6.48. The lowest BCUT2D eigenvalue weighted by Crippen LogP contribution is -2.19. The number of nitrogens with zero attached hydrogens (tertiary/aromatic N) is 4. The molecule has 0 spiro atoms. The van der Waals surface area contributed by atoms with E-state index in [4.69, 9.17) is 21.4 Å². The zero-order valence-electron chi connectivity index (χ0n) is 16.8. The first-order valence-corrected chi connectivity index (χ1v) is 11.1.